The summed E-state index contributed by atoms with van der Waals surface area (Å²) >= 11 is 0. The van der Waals surface area contributed by atoms with E-state index in [4.69, 9.17) is 10.8 Å². The van der Waals surface area contributed by atoms with Gasteiger partial charge in [0.1, 0.15) is 5.54 Å². The highest BCUT2D eigenvalue weighted by Gasteiger charge is 2.53. The molecule has 2 nitrogen and oxygen atoms in total. The van der Waals surface area contributed by atoms with Gasteiger partial charge < -0.3 is 10.8 Å². The lowest BCUT2D eigenvalue weighted by Gasteiger charge is -2.38. The predicted molar refractivity (Wildman–Crippen MR) is 49.3 cm³/mol. The summed E-state index contributed by atoms with van der Waals surface area (Å²) < 4.78 is 37.3. The average Bonchev–Trinajstić information content (AvgIpc) is 2.02. The van der Waals surface area contributed by atoms with Crippen LogP contribution < -0.4 is 5.73 Å². The maximum atomic E-state index is 12.4. The monoisotopic (exact) mass is 233 g/mol. The average molecular weight is 234 g/mol. The molecule has 0 saturated heterocycles. The first kappa shape index (κ1) is 14.0. The molecule has 0 heterocycles. The minimum absolute atomic E-state index is 0. The van der Waals surface area contributed by atoms with Gasteiger partial charge in [0.05, 0.1) is 0 Å². The third kappa shape index (κ3) is 2.74. The highest BCUT2D eigenvalue weighted by Crippen LogP contribution is 2.41. The van der Waals surface area contributed by atoms with Gasteiger partial charge in [0.15, 0.2) is 0 Å². The van der Waals surface area contributed by atoms with E-state index in [0.717, 1.165) is 0 Å². The fraction of sp³-hybridized carbons (Fsp3) is 1.00. The van der Waals surface area contributed by atoms with Crippen LogP contribution in [0.3, 0.4) is 0 Å². The van der Waals surface area contributed by atoms with Crippen molar-refractivity contribution in [2.24, 2.45) is 11.7 Å². The molecule has 0 spiro atoms. The van der Waals surface area contributed by atoms with Gasteiger partial charge in [-0.05, 0) is 25.2 Å². The number of halogens is 4. The Bertz CT molecular complexity index is 188. The summed E-state index contributed by atoms with van der Waals surface area (Å²) in [5, 5.41) is 8.77. The van der Waals surface area contributed by atoms with Crippen molar-refractivity contribution < 1.29 is 18.3 Å². The van der Waals surface area contributed by atoms with Crippen LogP contribution in [0.4, 0.5) is 13.2 Å². The first-order valence-corrected chi connectivity index (χ1v) is 4.35. The second-order valence-corrected chi connectivity index (χ2v) is 3.80. The van der Waals surface area contributed by atoms with Gasteiger partial charge >= 0.3 is 6.18 Å². The van der Waals surface area contributed by atoms with E-state index >= 15 is 0 Å². The molecule has 1 saturated carbocycles. The maximum Gasteiger partial charge on any atom is 0.406 e. The van der Waals surface area contributed by atoms with Crippen molar-refractivity contribution in [2.75, 3.05) is 6.61 Å². The van der Waals surface area contributed by atoms with E-state index < -0.39 is 11.7 Å². The molecular formula is C8H15ClF3NO. The summed E-state index contributed by atoms with van der Waals surface area (Å²) in [6, 6.07) is 0. The Balaban J connectivity index is 0.00000169. The lowest BCUT2D eigenvalue weighted by atomic mass is 9.76. The Morgan fingerprint density at radius 1 is 1.43 bits per heavy atom. The van der Waals surface area contributed by atoms with Crippen molar-refractivity contribution in [3.63, 3.8) is 0 Å². The third-order valence-corrected chi connectivity index (χ3v) is 2.71. The topological polar surface area (TPSA) is 46.2 Å². The molecule has 86 valence electrons. The van der Waals surface area contributed by atoms with Crippen LogP contribution >= 0.6 is 12.4 Å². The number of rotatable bonds is 1. The van der Waals surface area contributed by atoms with Crippen molar-refractivity contribution in [2.45, 2.75) is 37.4 Å². The molecular weight excluding hydrogens is 219 g/mol. The predicted octanol–water partition coefficient (Wildman–Crippen LogP) is 1.85. The Morgan fingerprint density at radius 3 is 2.43 bits per heavy atom. The molecule has 1 aliphatic rings. The molecule has 0 aromatic rings. The molecule has 14 heavy (non-hydrogen) atoms. The van der Waals surface area contributed by atoms with Crippen LogP contribution in [0.1, 0.15) is 25.7 Å². The van der Waals surface area contributed by atoms with Gasteiger partial charge in [-0.2, -0.15) is 13.2 Å². The molecule has 0 bridgehead atoms. The van der Waals surface area contributed by atoms with Crippen molar-refractivity contribution >= 4 is 12.4 Å². The van der Waals surface area contributed by atoms with Crippen LogP contribution in [0.15, 0.2) is 0 Å². The van der Waals surface area contributed by atoms with E-state index in [-0.39, 0.29) is 37.8 Å². The van der Waals surface area contributed by atoms with E-state index in [9.17, 15) is 13.2 Å². The highest BCUT2D eigenvalue weighted by molar-refractivity contribution is 5.85. The SMILES string of the molecule is Cl.NC1(C(F)(F)F)CCCC(CO)C1. The number of aliphatic hydroxyl groups excluding tert-OH is 1. The van der Waals surface area contributed by atoms with Gasteiger partial charge in [0, 0.05) is 6.61 Å². The van der Waals surface area contributed by atoms with Gasteiger partial charge in [0.2, 0.25) is 0 Å². The Kier molecular flexibility index (Phi) is 4.68. The number of alkyl halides is 3. The smallest absolute Gasteiger partial charge is 0.396 e. The summed E-state index contributed by atoms with van der Waals surface area (Å²) in [6.07, 6.45) is -3.42. The molecule has 6 heteroatoms. The largest absolute Gasteiger partial charge is 0.406 e. The molecule has 0 radical (unpaired) electrons. The lowest BCUT2D eigenvalue weighted by molar-refractivity contribution is -0.198. The van der Waals surface area contributed by atoms with Crippen LogP contribution in [0.2, 0.25) is 0 Å². The summed E-state index contributed by atoms with van der Waals surface area (Å²) in [5.41, 5.74) is 3.20. The standard InChI is InChI=1S/C8H14F3NO.ClH/c9-8(10,11)7(12)3-1-2-6(4-7)5-13;/h6,13H,1-5,12H2;1H. The van der Waals surface area contributed by atoms with Gasteiger partial charge in [-0.3, -0.25) is 0 Å². The molecule has 0 aliphatic heterocycles. The molecule has 1 rings (SSSR count). The summed E-state index contributed by atoms with van der Waals surface area (Å²) in [5.74, 6) is -0.291. The summed E-state index contributed by atoms with van der Waals surface area (Å²) in [4.78, 5) is 0. The van der Waals surface area contributed by atoms with Crippen LogP contribution in [-0.4, -0.2) is 23.4 Å². The molecule has 2 unspecified atom stereocenters. The van der Waals surface area contributed by atoms with Gasteiger partial charge in [-0.15, -0.1) is 12.4 Å². The zero-order chi connectivity index (χ0) is 10.1. The Labute approximate surface area is 87.1 Å². The Morgan fingerprint density at radius 2 is 2.00 bits per heavy atom. The minimum Gasteiger partial charge on any atom is -0.396 e. The molecule has 2 atom stereocenters. The molecule has 0 amide bonds. The summed E-state index contributed by atoms with van der Waals surface area (Å²) in [6.45, 7) is -0.199. The van der Waals surface area contributed by atoms with Crippen LogP contribution in [0.25, 0.3) is 0 Å². The van der Waals surface area contributed by atoms with Crippen molar-refractivity contribution in [3.8, 4) is 0 Å². The van der Waals surface area contributed by atoms with Crippen LogP contribution in [0.5, 0.6) is 0 Å². The van der Waals surface area contributed by atoms with E-state index in [1.807, 2.05) is 0 Å². The second-order valence-electron chi connectivity index (χ2n) is 3.80. The maximum absolute atomic E-state index is 12.4. The van der Waals surface area contributed by atoms with Crippen molar-refractivity contribution in [1.82, 2.24) is 0 Å². The molecule has 3 N–H and O–H groups in total. The van der Waals surface area contributed by atoms with Gasteiger partial charge in [-0.25, -0.2) is 0 Å². The zero-order valence-electron chi connectivity index (χ0n) is 7.68. The van der Waals surface area contributed by atoms with Crippen molar-refractivity contribution in [3.05, 3.63) is 0 Å². The first-order valence-electron chi connectivity index (χ1n) is 4.35. The number of nitrogens with two attached hydrogens (primary N) is 1. The lowest BCUT2D eigenvalue weighted by Crippen LogP contribution is -2.56. The fourth-order valence-electron chi connectivity index (χ4n) is 1.84. The normalized spacial score (nSPS) is 33.6. The second kappa shape index (κ2) is 4.68. The summed E-state index contributed by atoms with van der Waals surface area (Å²) in [7, 11) is 0. The van der Waals surface area contributed by atoms with Crippen LogP contribution in [0, 0.1) is 5.92 Å². The minimum atomic E-state index is -4.35. The molecule has 0 aromatic carbocycles. The first-order chi connectivity index (χ1) is 5.89. The third-order valence-electron chi connectivity index (χ3n) is 2.71. The number of hydrogen-bond donors (Lipinski definition) is 2. The molecule has 1 aliphatic carbocycles. The van der Waals surface area contributed by atoms with E-state index in [1.54, 1.807) is 0 Å². The zero-order valence-corrected chi connectivity index (χ0v) is 8.50. The fourth-order valence-corrected chi connectivity index (χ4v) is 1.84. The highest BCUT2D eigenvalue weighted by atomic mass is 35.5. The van der Waals surface area contributed by atoms with E-state index in [2.05, 4.69) is 0 Å². The Hall–Kier alpha value is -0.0000000000000000486. The van der Waals surface area contributed by atoms with Gasteiger partial charge in [0.25, 0.3) is 0 Å². The van der Waals surface area contributed by atoms with Crippen molar-refractivity contribution in [1.29, 1.82) is 0 Å². The van der Waals surface area contributed by atoms with Crippen LogP contribution in [-0.2, 0) is 0 Å². The van der Waals surface area contributed by atoms with E-state index in [0.29, 0.717) is 12.8 Å². The quantitative estimate of drug-likeness (QED) is 0.726. The molecule has 0 aromatic heterocycles. The number of aliphatic hydroxyl groups is 1. The molecule has 1 fully saturated rings. The number of hydrogen-bond acceptors (Lipinski definition) is 2. The van der Waals surface area contributed by atoms with E-state index in [1.165, 1.54) is 0 Å². The van der Waals surface area contributed by atoms with Gasteiger partial charge in [-0.1, -0.05) is 6.42 Å².